The van der Waals surface area contributed by atoms with Gasteiger partial charge in [0.05, 0.1) is 18.2 Å². The lowest BCUT2D eigenvalue weighted by molar-refractivity contribution is -0.137. The highest BCUT2D eigenvalue weighted by Crippen LogP contribution is 2.36. The third kappa shape index (κ3) is 5.97. The number of alkyl halides is 3. The Bertz CT molecular complexity index is 1010. The molecule has 1 aliphatic heterocycles. The average Bonchev–Trinajstić information content (AvgIpc) is 2.79. The second-order valence-corrected chi connectivity index (χ2v) is 9.40. The second-order valence-electron chi connectivity index (χ2n) is 9.40. The zero-order valence-corrected chi connectivity index (χ0v) is 19.2. The van der Waals surface area contributed by atoms with Crippen molar-refractivity contribution in [1.82, 2.24) is 15.5 Å². The molecular formula is C26H30F3N3O2. The van der Waals surface area contributed by atoms with Gasteiger partial charge >= 0.3 is 6.18 Å². The smallest absolute Gasteiger partial charge is 0.349 e. The van der Waals surface area contributed by atoms with E-state index >= 15 is 0 Å². The Balaban J connectivity index is 1.17. The normalized spacial score (nSPS) is 21.5. The van der Waals surface area contributed by atoms with E-state index < -0.39 is 17.6 Å². The van der Waals surface area contributed by atoms with E-state index in [0.717, 1.165) is 38.1 Å². The highest BCUT2D eigenvalue weighted by Gasteiger charge is 2.35. The highest BCUT2D eigenvalue weighted by atomic mass is 19.4. The molecule has 2 aliphatic rings. The van der Waals surface area contributed by atoms with Gasteiger partial charge in [0, 0.05) is 24.7 Å². The van der Waals surface area contributed by atoms with Crippen LogP contribution in [0.15, 0.2) is 48.5 Å². The fourth-order valence-electron chi connectivity index (χ4n) is 5.02. The summed E-state index contributed by atoms with van der Waals surface area (Å²) in [7, 11) is 0. The molecule has 0 radical (unpaired) electrons. The minimum atomic E-state index is -4.53. The maximum Gasteiger partial charge on any atom is 0.416 e. The molecule has 2 fully saturated rings. The van der Waals surface area contributed by atoms with Gasteiger partial charge < -0.3 is 10.6 Å². The molecule has 1 aliphatic carbocycles. The Morgan fingerprint density at radius 1 is 1.00 bits per heavy atom. The monoisotopic (exact) mass is 473 g/mol. The highest BCUT2D eigenvalue weighted by molar-refractivity contribution is 5.96. The SMILES string of the molecule is Cc1cc(C(=O)NCC(=O)NC2CN([C@H]3CC[C@@H](c4ccccc4)CC3)C2)cc(C(F)(F)F)c1. The summed E-state index contributed by atoms with van der Waals surface area (Å²) in [5.41, 5.74) is 0.754. The zero-order chi connectivity index (χ0) is 24.3. The van der Waals surface area contributed by atoms with Crippen molar-refractivity contribution in [3.05, 3.63) is 70.8 Å². The van der Waals surface area contributed by atoms with Crippen LogP contribution in [0.5, 0.6) is 0 Å². The van der Waals surface area contributed by atoms with Crippen LogP contribution >= 0.6 is 0 Å². The standard InChI is InChI=1S/C26H30F3N3O2/c1-17-11-20(13-21(12-17)26(27,28)29)25(34)30-14-24(33)31-22-15-32(16-22)23-9-7-19(8-10-23)18-5-3-2-4-6-18/h2-6,11-13,19,22-23H,7-10,14-16H2,1H3,(H,30,34)(H,31,33)/t19-,23+. The Labute approximate surface area is 197 Å². The van der Waals surface area contributed by atoms with E-state index in [2.05, 4.69) is 39.8 Å². The first-order valence-electron chi connectivity index (χ1n) is 11.7. The van der Waals surface area contributed by atoms with Crippen molar-refractivity contribution in [3.63, 3.8) is 0 Å². The van der Waals surface area contributed by atoms with E-state index in [1.807, 2.05) is 6.07 Å². The molecule has 0 atom stereocenters. The number of carbonyl (C=O) groups is 2. The Hall–Kier alpha value is -2.87. The summed E-state index contributed by atoms with van der Waals surface area (Å²) in [5.74, 6) is -0.414. The van der Waals surface area contributed by atoms with Crippen LogP contribution < -0.4 is 10.6 Å². The van der Waals surface area contributed by atoms with E-state index in [1.54, 1.807) is 0 Å². The van der Waals surface area contributed by atoms with Crippen LogP contribution in [0.2, 0.25) is 0 Å². The number of benzene rings is 2. The van der Waals surface area contributed by atoms with Gasteiger partial charge in [0.1, 0.15) is 0 Å². The van der Waals surface area contributed by atoms with Crippen molar-refractivity contribution in [3.8, 4) is 0 Å². The minimum absolute atomic E-state index is 0.0343. The maximum absolute atomic E-state index is 13.0. The maximum atomic E-state index is 13.0. The van der Waals surface area contributed by atoms with Crippen LogP contribution in [-0.4, -0.2) is 48.4 Å². The number of nitrogens with one attached hydrogen (secondary N) is 2. The molecule has 34 heavy (non-hydrogen) atoms. The summed E-state index contributed by atoms with van der Waals surface area (Å²) < 4.78 is 38.9. The van der Waals surface area contributed by atoms with Gasteiger partial charge in [-0.25, -0.2) is 0 Å². The van der Waals surface area contributed by atoms with Gasteiger partial charge in [0.25, 0.3) is 5.91 Å². The van der Waals surface area contributed by atoms with Gasteiger partial charge in [-0.05, 0) is 67.9 Å². The van der Waals surface area contributed by atoms with Crippen LogP contribution in [0.3, 0.4) is 0 Å². The van der Waals surface area contributed by atoms with Gasteiger partial charge in [-0.3, -0.25) is 14.5 Å². The zero-order valence-electron chi connectivity index (χ0n) is 19.2. The first-order valence-corrected chi connectivity index (χ1v) is 11.7. The summed E-state index contributed by atoms with van der Waals surface area (Å²) in [4.78, 5) is 26.9. The number of amides is 2. The fourth-order valence-corrected chi connectivity index (χ4v) is 5.02. The molecule has 1 heterocycles. The number of hydrogen-bond donors (Lipinski definition) is 2. The van der Waals surface area contributed by atoms with Crippen molar-refractivity contribution in [2.75, 3.05) is 19.6 Å². The summed E-state index contributed by atoms with van der Waals surface area (Å²) in [6, 6.07) is 14.4. The van der Waals surface area contributed by atoms with Gasteiger partial charge in [-0.2, -0.15) is 13.2 Å². The number of rotatable bonds is 6. The number of aryl methyl sites for hydroxylation is 1. The predicted octanol–water partition coefficient (Wildman–Crippen LogP) is 4.27. The number of halogens is 3. The second kappa shape index (κ2) is 10.2. The van der Waals surface area contributed by atoms with E-state index in [0.29, 0.717) is 17.5 Å². The van der Waals surface area contributed by atoms with Crippen molar-refractivity contribution in [2.45, 2.75) is 56.8 Å². The summed E-state index contributed by atoms with van der Waals surface area (Å²) in [6.45, 7) is 2.79. The van der Waals surface area contributed by atoms with Gasteiger partial charge in [0.2, 0.25) is 5.91 Å². The van der Waals surface area contributed by atoms with Crippen molar-refractivity contribution >= 4 is 11.8 Å². The van der Waals surface area contributed by atoms with Crippen LogP contribution in [0.1, 0.15) is 58.6 Å². The van der Waals surface area contributed by atoms with Crippen LogP contribution in [0, 0.1) is 6.92 Å². The van der Waals surface area contributed by atoms with Gasteiger partial charge in [-0.15, -0.1) is 0 Å². The first-order chi connectivity index (χ1) is 16.2. The topological polar surface area (TPSA) is 61.4 Å². The lowest BCUT2D eigenvalue weighted by atomic mass is 9.80. The molecule has 2 amide bonds. The van der Waals surface area contributed by atoms with E-state index in [-0.39, 0.29) is 24.1 Å². The molecule has 2 aromatic rings. The molecule has 0 unspecified atom stereocenters. The Kier molecular flexibility index (Phi) is 7.26. The first kappa shape index (κ1) is 24.3. The minimum Gasteiger partial charge on any atom is -0.349 e. The number of nitrogens with zero attached hydrogens (tertiary/aromatic N) is 1. The van der Waals surface area contributed by atoms with Crippen molar-refractivity contribution in [2.24, 2.45) is 0 Å². The van der Waals surface area contributed by atoms with E-state index in [1.165, 1.54) is 31.4 Å². The molecular weight excluding hydrogens is 443 g/mol. The van der Waals surface area contributed by atoms with Gasteiger partial charge in [0.15, 0.2) is 0 Å². The molecule has 5 nitrogen and oxygen atoms in total. The van der Waals surface area contributed by atoms with Crippen molar-refractivity contribution in [1.29, 1.82) is 0 Å². The molecule has 2 N–H and O–H groups in total. The van der Waals surface area contributed by atoms with Gasteiger partial charge in [-0.1, -0.05) is 30.3 Å². The summed E-state index contributed by atoms with van der Waals surface area (Å²) in [5, 5.41) is 5.32. The quantitative estimate of drug-likeness (QED) is 0.659. The fraction of sp³-hybridized carbons (Fsp3) is 0.462. The molecule has 2 aromatic carbocycles. The van der Waals surface area contributed by atoms with Crippen molar-refractivity contribution < 1.29 is 22.8 Å². The van der Waals surface area contributed by atoms with Crippen LogP contribution in [0.25, 0.3) is 0 Å². The Morgan fingerprint density at radius 2 is 1.68 bits per heavy atom. The van der Waals surface area contributed by atoms with Crippen LogP contribution in [-0.2, 0) is 11.0 Å². The molecule has 182 valence electrons. The molecule has 4 rings (SSSR count). The lowest BCUT2D eigenvalue weighted by Crippen LogP contribution is -2.63. The number of likely N-dealkylation sites (tertiary alicyclic amines) is 1. The molecule has 1 saturated heterocycles. The average molecular weight is 474 g/mol. The molecule has 1 saturated carbocycles. The lowest BCUT2D eigenvalue weighted by Gasteiger charge is -2.46. The number of hydrogen-bond acceptors (Lipinski definition) is 3. The summed E-state index contributed by atoms with van der Waals surface area (Å²) in [6.07, 6.45) is 0.0984. The largest absolute Gasteiger partial charge is 0.416 e. The molecule has 8 heteroatoms. The summed E-state index contributed by atoms with van der Waals surface area (Å²) >= 11 is 0. The predicted molar refractivity (Wildman–Crippen MR) is 123 cm³/mol. The molecule has 0 aromatic heterocycles. The molecule has 0 bridgehead atoms. The third-order valence-electron chi connectivity index (χ3n) is 6.84. The number of carbonyl (C=O) groups excluding carboxylic acids is 2. The third-order valence-corrected chi connectivity index (χ3v) is 6.84. The van der Waals surface area contributed by atoms with E-state index in [9.17, 15) is 22.8 Å². The van der Waals surface area contributed by atoms with E-state index in [4.69, 9.17) is 0 Å². The molecule has 0 spiro atoms. The Morgan fingerprint density at radius 3 is 2.32 bits per heavy atom. The van der Waals surface area contributed by atoms with Crippen LogP contribution in [0.4, 0.5) is 13.2 Å².